The van der Waals surface area contributed by atoms with Gasteiger partial charge < -0.3 is 15.0 Å². The van der Waals surface area contributed by atoms with Crippen LogP contribution in [-0.4, -0.2) is 50.0 Å². The number of alkyl halides is 3. The average Bonchev–Trinajstić information content (AvgIpc) is 2.96. The van der Waals surface area contributed by atoms with Gasteiger partial charge in [0.1, 0.15) is 0 Å². The van der Waals surface area contributed by atoms with Crippen LogP contribution in [0, 0.1) is 0 Å². The number of carbonyl (C=O) groups excluding carboxylic acids is 1. The third-order valence-electron chi connectivity index (χ3n) is 2.27. The molecule has 7 heteroatoms. The zero-order valence-electron chi connectivity index (χ0n) is 9.01. The number of halogens is 3. The predicted molar refractivity (Wildman–Crippen MR) is 51.1 cm³/mol. The summed E-state index contributed by atoms with van der Waals surface area (Å²) in [6.07, 6.45) is -3.20. The first-order valence-corrected chi connectivity index (χ1v) is 5.06. The van der Waals surface area contributed by atoms with Crippen molar-refractivity contribution in [3.63, 3.8) is 0 Å². The maximum absolute atomic E-state index is 11.7. The van der Waals surface area contributed by atoms with E-state index in [-0.39, 0.29) is 0 Å². The van der Waals surface area contributed by atoms with E-state index in [1.54, 1.807) is 0 Å². The molecule has 0 aromatic carbocycles. The molecule has 0 bridgehead atoms. The standard InChI is InChI=1S/C9H15F3N2O2/c1-14(7-2-3-7)5-4-13-8(15)16-6-9(10,11)12/h7H,2-6H2,1H3,(H,13,15). The van der Waals surface area contributed by atoms with E-state index in [1.165, 1.54) is 0 Å². The summed E-state index contributed by atoms with van der Waals surface area (Å²) >= 11 is 0. The molecular formula is C9H15F3N2O2. The Labute approximate surface area is 91.7 Å². The Kier molecular flexibility index (Phi) is 4.40. The van der Waals surface area contributed by atoms with Crippen LogP contribution in [-0.2, 0) is 4.74 Å². The Balaban J connectivity index is 2.01. The highest BCUT2D eigenvalue weighted by atomic mass is 19.4. The van der Waals surface area contributed by atoms with Crippen LogP contribution in [0.4, 0.5) is 18.0 Å². The molecule has 0 atom stereocenters. The van der Waals surface area contributed by atoms with Crippen molar-refractivity contribution in [1.82, 2.24) is 10.2 Å². The van der Waals surface area contributed by atoms with Crippen molar-refractivity contribution in [2.75, 3.05) is 26.7 Å². The van der Waals surface area contributed by atoms with Gasteiger partial charge in [-0.05, 0) is 19.9 Å². The maximum atomic E-state index is 11.7. The number of alkyl carbamates (subject to hydrolysis) is 1. The Morgan fingerprint density at radius 3 is 2.62 bits per heavy atom. The number of rotatable bonds is 5. The second kappa shape index (κ2) is 5.38. The van der Waals surface area contributed by atoms with Crippen LogP contribution < -0.4 is 5.32 Å². The SMILES string of the molecule is CN(CCNC(=O)OCC(F)(F)F)C1CC1. The molecule has 1 N–H and O–H groups in total. The van der Waals surface area contributed by atoms with Crippen molar-refractivity contribution in [1.29, 1.82) is 0 Å². The van der Waals surface area contributed by atoms with Crippen molar-refractivity contribution >= 4 is 6.09 Å². The summed E-state index contributed by atoms with van der Waals surface area (Å²) < 4.78 is 39.0. The second-order valence-corrected chi connectivity index (χ2v) is 3.83. The molecule has 1 saturated carbocycles. The molecule has 1 fully saturated rings. The van der Waals surface area contributed by atoms with Crippen molar-refractivity contribution in [2.45, 2.75) is 25.1 Å². The Hall–Kier alpha value is -0.980. The average molecular weight is 240 g/mol. The normalized spacial score (nSPS) is 16.3. The van der Waals surface area contributed by atoms with Crippen molar-refractivity contribution < 1.29 is 22.7 Å². The zero-order chi connectivity index (χ0) is 12.2. The first-order chi connectivity index (χ1) is 7.38. The highest BCUT2D eigenvalue weighted by Gasteiger charge is 2.29. The number of hydrogen-bond acceptors (Lipinski definition) is 3. The third kappa shape index (κ3) is 5.79. The number of hydrogen-bond donors (Lipinski definition) is 1. The smallest absolute Gasteiger partial charge is 0.422 e. The lowest BCUT2D eigenvalue weighted by Gasteiger charge is -2.15. The number of likely N-dealkylation sites (N-methyl/N-ethyl adjacent to an activating group) is 1. The molecule has 0 saturated heterocycles. The molecule has 0 radical (unpaired) electrons. The van der Waals surface area contributed by atoms with Crippen LogP contribution in [0.3, 0.4) is 0 Å². The zero-order valence-corrected chi connectivity index (χ0v) is 9.01. The highest BCUT2D eigenvalue weighted by Crippen LogP contribution is 2.24. The van der Waals surface area contributed by atoms with Crippen LogP contribution in [0.25, 0.3) is 0 Å². The molecule has 16 heavy (non-hydrogen) atoms. The molecule has 1 aliphatic carbocycles. The van der Waals surface area contributed by atoms with Gasteiger partial charge in [0, 0.05) is 19.1 Å². The van der Waals surface area contributed by atoms with E-state index in [1.807, 2.05) is 7.05 Å². The molecule has 0 aromatic rings. The maximum Gasteiger partial charge on any atom is 0.422 e. The molecular weight excluding hydrogens is 225 g/mol. The van der Waals surface area contributed by atoms with Crippen LogP contribution in [0.2, 0.25) is 0 Å². The van der Waals surface area contributed by atoms with Gasteiger partial charge in [-0.3, -0.25) is 0 Å². The fraction of sp³-hybridized carbons (Fsp3) is 0.889. The minimum Gasteiger partial charge on any atom is -0.440 e. The summed E-state index contributed by atoms with van der Waals surface area (Å²) in [6.45, 7) is -0.632. The van der Waals surface area contributed by atoms with Gasteiger partial charge in [-0.25, -0.2) is 4.79 Å². The third-order valence-corrected chi connectivity index (χ3v) is 2.27. The summed E-state index contributed by atoms with van der Waals surface area (Å²) in [4.78, 5) is 12.9. The van der Waals surface area contributed by atoms with Crippen molar-refractivity contribution in [3.8, 4) is 0 Å². The number of nitrogens with one attached hydrogen (secondary N) is 1. The largest absolute Gasteiger partial charge is 0.440 e. The van der Waals surface area contributed by atoms with E-state index in [0.29, 0.717) is 19.1 Å². The van der Waals surface area contributed by atoms with Gasteiger partial charge in [0.2, 0.25) is 0 Å². The molecule has 0 heterocycles. The van der Waals surface area contributed by atoms with Gasteiger partial charge in [-0.2, -0.15) is 13.2 Å². The summed E-state index contributed by atoms with van der Waals surface area (Å²) in [5, 5.41) is 2.27. The first kappa shape index (κ1) is 13.1. The number of ether oxygens (including phenoxy) is 1. The summed E-state index contributed by atoms with van der Waals surface area (Å²) in [6, 6.07) is 0.563. The topological polar surface area (TPSA) is 41.6 Å². The minimum absolute atomic E-state index is 0.295. The van der Waals surface area contributed by atoms with Gasteiger partial charge in [-0.1, -0.05) is 0 Å². The van der Waals surface area contributed by atoms with Crippen LogP contribution in [0.1, 0.15) is 12.8 Å². The van der Waals surface area contributed by atoms with Gasteiger partial charge in [-0.15, -0.1) is 0 Å². The number of nitrogens with zero attached hydrogens (tertiary/aromatic N) is 1. The Bertz CT molecular complexity index is 241. The molecule has 1 amide bonds. The lowest BCUT2D eigenvalue weighted by molar-refractivity contribution is -0.160. The monoisotopic (exact) mass is 240 g/mol. The van der Waals surface area contributed by atoms with Gasteiger partial charge >= 0.3 is 12.3 Å². The fourth-order valence-electron chi connectivity index (χ4n) is 1.23. The molecule has 1 aliphatic rings. The fourth-order valence-corrected chi connectivity index (χ4v) is 1.23. The van der Waals surface area contributed by atoms with E-state index in [4.69, 9.17) is 0 Å². The molecule has 0 aliphatic heterocycles. The molecule has 4 nitrogen and oxygen atoms in total. The molecule has 0 unspecified atom stereocenters. The van der Waals surface area contributed by atoms with E-state index < -0.39 is 18.9 Å². The summed E-state index contributed by atoms with van der Waals surface area (Å²) in [5.41, 5.74) is 0. The highest BCUT2D eigenvalue weighted by molar-refractivity contribution is 5.67. The lowest BCUT2D eigenvalue weighted by atomic mass is 10.5. The van der Waals surface area contributed by atoms with Gasteiger partial charge in [0.15, 0.2) is 6.61 Å². The number of amides is 1. The van der Waals surface area contributed by atoms with E-state index in [2.05, 4.69) is 15.0 Å². The van der Waals surface area contributed by atoms with E-state index >= 15 is 0 Å². The molecule has 0 spiro atoms. The lowest BCUT2D eigenvalue weighted by Crippen LogP contribution is -2.35. The molecule has 0 aromatic heterocycles. The quantitative estimate of drug-likeness (QED) is 0.789. The van der Waals surface area contributed by atoms with Crippen molar-refractivity contribution in [2.24, 2.45) is 0 Å². The van der Waals surface area contributed by atoms with Crippen LogP contribution in [0.5, 0.6) is 0 Å². The predicted octanol–water partition coefficient (Wildman–Crippen LogP) is 1.37. The van der Waals surface area contributed by atoms with Gasteiger partial charge in [0.05, 0.1) is 0 Å². The molecule has 1 rings (SSSR count). The van der Waals surface area contributed by atoms with E-state index in [9.17, 15) is 18.0 Å². The first-order valence-electron chi connectivity index (χ1n) is 5.06. The molecule has 94 valence electrons. The van der Waals surface area contributed by atoms with Crippen LogP contribution in [0.15, 0.2) is 0 Å². The Morgan fingerprint density at radius 2 is 2.12 bits per heavy atom. The Morgan fingerprint density at radius 1 is 1.50 bits per heavy atom. The van der Waals surface area contributed by atoms with Crippen molar-refractivity contribution in [3.05, 3.63) is 0 Å². The number of carbonyl (C=O) groups is 1. The summed E-state index contributed by atoms with van der Waals surface area (Å²) in [5.74, 6) is 0. The summed E-state index contributed by atoms with van der Waals surface area (Å²) in [7, 11) is 1.92. The van der Waals surface area contributed by atoms with Crippen LogP contribution >= 0.6 is 0 Å². The van der Waals surface area contributed by atoms with Gasteiger partial charge in [0.25, 0.3) is 0 Å². The van der Waals surface area contributed by atoms with E-state index in [0.717, 1.165) is 12.8 Å². The minimum atomic E-state index is -4.47. The second-order valence-electron chi connectivity index (χ2n) is 3.83.